The maximum absolute atomic E-state index is 13.1. The van der Waals surface area contributed by atoms with Crippen LogP contribution in [0.15, 0.2) is 36.4 Å². The van der Waals surface area contributed by atoms with Crippen molar-refractivity contribution in [2.24, 2.45) is 0 Å². The van der Waals surface area contributed by atoms with Crippen molar-refractivity contribution in [3.63, 3.8) is 0 Å². The minimum absolute atomic E-state index is 0.0348. The summed E-state index contributed by atoms with van der Waals surface area (Å²) in [6.07, 6.45) is 0. The Morgan fingerprint density at radius 2 is 2.10 bits per heavy atom. The van der Waals surface area contributed by atoms with Gasteiger partial charge in [0, 0.05) is 11.3 Å². The van der Waals surface area contributed by atoms with Gasteiger partial charge in [0.25, 0.3) is 5.91 Å². The first-order valence-corrected chi connectivity index (χ1v) is 6.63. The third-order valence-electron chi connectivity index (χ3n) is 3.04. The minimum atomic E-state index is -0.524. The summed E-state index contributed by atoms with van der Waals surface area (Å²) in [5.74, 6) is -0.0382. The average molecular weight is 304 g/mol. The molecule has 6 heteroatoms. The first-order valence-electron chi connectivity index (χ1n) is 6.26. The number of nitrogens with one attached hydrogen (secondary N) is 2. The highest BCUT2D eigenvalue weighted by Gasteiger charge is 2.09. The predicted molar refractivity (Wildman–Crippen MR) is 80.2 cm³/mol. The Kier molecular flexibility index (Phi) is 3.35. The van der Waals surface area contributed by atoms with E-state index in [1.54, 1.807) is 18.2 Å². The Balaban J connectivity index is 1.87. The van der Waals surface area contributed by atoms with Crippen LogP contribution in [-0.2, 0) is 0 Å². The van der Waals surface area contributed by atoms with E-state index >= 15 is 0 Å². The fraction of sp³-hybridized carbons (Fsp3) is 0.0667. The van der Waals surface area contributed by atoms with Crippen LogP contribution in [0.1, 0.15) is 16.2 Å². The standard InChI is InChI=1S/C15H11ClFN3O/c1-8-18-13-5-2-9(6-14(13)19-8)15(21)20-10-3-4-12(17)11(16)7-10/h2-7H,1H3,(H,18,19)(H,20,21). The molecule has 0 saturated heterocycles. The highest BCUT2D eigenvalue weighted by Crippen LogP contribution is 2.20. The van der Waals surface area contributed by atoms with E-state index in [-0.39, 0.29) is 10.9 Å². The number of benzene rings is 2. The second kappa shape index (κ2) is 5.18. The Hall–Kier alpha value is -2.40. The Morgan fingerprint density at radius 1 is 1.29 bits per heavy atom. The van der Waals surface area contributed by atoms with E-state index in [0.717, 1.165) is 16.9 Å². The molecule has 3 rings (SSSR count). The number of H-pyrrole nitrogens is 1. The monoisotopic (exact) mass is 303 g/mol. The molecule has 0 fully saturated rings. The van der Waals surface area contributed by atoms with Gasteiger partial charge < -0.3 is 10.3 Å². The molecule has 0 radical (unpaired) electrons. The lowest BCUT2D eigenvalue weighted by atomic mass is 10.2. The van der Waals surface area contributed by atoms with Gasteiger partial charge in [-0.3, -0.25) is 4.79 Å². The van der Waals surface area contributed by atoms with Crippen molar-refractivity contribution in [1.82, 2.24) is 9.97 Å². The molecule has 0 unspecified atom stereocenters. The number of aromatic amines is 1. The van der Waals surface area contributed by atoms with Crippen LogP contribution in [0.4, 0.5) is 10.1 Å². The summed E-state index contributed by atoms with van der Waals surface area (Å²) in [6.45, 7) is 1.85. The lowest BCUT2D eigenvalue weighted by Gasteiger charge is -2.06. The topological polar surface area (TPSA) is 57.8 Å². The highest BCUT2D eigenvalue weighted by atomic mass is 35.5. The quantitative estimate of drug-likeness (QED) is 0.754. The summed E-state index contributed by atoms with van der Waals surface area (Å²) >= 11 is 5.68. The largest absolute Gasteiger partial charge is 0.342 e. The molecule has 1 aromatic heterocycles. The number of carbonyl (C=O) groups excluding carboxylic acids is 1. The maximum Gasteiger partial charge on any atom is 0.255 e. The summed E-state index contributed by atoms with van der Waals surface area (Å²) in [5, 5.41) is 2.64. The van der Waals surface area contributed by atoms with E-state index in [4.69, 9.17) is 11.6 Å². The summed E-state index contributed by atoms with van der Waals surface area (Å²) < 4.78 is 13.1. The SMILES string of the molecule is Cc1nc2ccc(C(=O)Nc3ccc(F)c(Cl)c3)cc2[nH]1. The van der Waals surface area contributed by atoms with Crippen LogP contribution in [0.2, 0.25) is 5.02 Å². The highest BCUT2D eigenvalue weighted by molar-refractivity contribution is 6.31. The zero-order valence-electron chi connectivity index (χ0n) is 11.1. The van der Waals surface area contributed by atoms with Crippen LogP contribution in [0, 0.1) is 12.7 Å². The third kappa shape index (κ3) is 2.73. The fourth-order valence-corrected chi connectivity index (χ4v) is 2.24. The molecule has 0 saturated carbocycles. The molecule has 0 aliphatic heterocycles. The number of amides is 1. The van der Waals surface area contributed by atoms with E-state index in [0.29, 0.717) is 11.3 Å². The maximum atomic E-state index is 13.1. The number of hydrogen-bond acceptors (Lipinski definition) is 2. The molecule has 4 nitrogen and oxygen atoms in total. The van der Waals surface area contributed by atoms with Crippen molar-refractivity contribution in [3.8, 4) is 0 Å². The number of halogens is 2. The number of fused-ring (bicyclic) bond motifs is 1. The molecule has 1 heterocycles. The van der Waals surface area contributed by atoms with Crippen LogP contribution in [-0.4, -0.2) is 15.9 Å². The van der Waals surface area contributed by atoms with E-state index in [2.05, 4.69) is 15.3 Å². The zero-order valence-corrected chi connectivity index (χ0v) is 11.8. The van der Waals surface area contributed by atoms with Gasteiger partial charge in [0.05, 0.1) is 16.1 Å². The molecule has 0 aliphatic carbocycles. The van der Waals surface area contributed by atoms with Crippen molar-refractivity contribution in [2.45, 2.75) is 6.92 Å². The van der Waals surface area contributed by atoms with Gasteiger partial charge in [0.2, 0.25) is 0 Å². The lowest BCUT2D eigenvalue weighted by Crippen LogP contribution is -2.11. The van der Waals surface area contributed by atoms with Crippen LogP contribution in [0.25, 0.3) is 11.0 Å². The number of aryl methyl sites for hydroxylation is 1. The van der Waals surface area contributed by atoms with Gasteiger partial charge in [0.15, 0.2) is 0 Å². The van der Waals surface area contributed by atoms with Crippen LogP contribution in [0.5, 0.6) is 0 Å². The summed E-state index contributed by atoms with van der Waals surface area (Å²) in [7, 11) is 0. The van der Waals surface area contributed by atoms with Gasteiger partial charge >= 0.3 is 0 Å². The molecular formula is C15H11ClFN3O. The third-order valence-corrected chi connectivity index (χ3v) is 3.33. The first-order chi connectivity index (χ1) is 10.0. The molecule has 2 aromatic carbocycles. The number of anilines is 1. The molecule has 0 bridgehead atoms. The molecular weight excluding hydrogens is 293 g/mol. The van der Waals surface area contributed by atoms with Crippen molar-refractivity contribution >= 4 is 34.2 Å². The second-order valence-corrected chi connectivity index (χ2v) is 5.04. The first kappa shape index (κ1) is 13.6. The van der Waals surface area contributed by atoms with E-state index in [1.807, 2.05) is 6.92 Å². The van der Waals surface area contributed by atoms with Crippen molar-refractivity contribution in [2.75, 3.05) is 5.32 Å². The predicted octanol–water partition coefficient (Wildman–Crippen LogP) is 3.92. The number of rotatable bonds is 2. The lowest BCUT2D eigenvalue weighted by molar-refractivity contribution is 0.102. The average Bonchev–Trinajstić information content (AvgIpc) is 2.82. The molecule has 0 spiro atoms. The molecule has 0 atom stereocenters. The number of imidazole rings is 1. The molecule has 1 amide bonds. The zero-order chi connectivity index (χ0) is 15.0. The summed E-state index contributed by atoms with van der Waals surface area (Å²) in [6, 6.07) is 9.20. The van der Waals surface area contributed by atoms with E-state index in [1.165, 1.54) is 18.2 Å². The summed E-state index contributed by atoms with van der Waals surface area (Å²) in [5.41, 5.74) is 2.50. The second-order valence-electron chi connectivity index (χ2n) is 4.64. The van der Waals surface area contributed by atoms with Gasteiger partial charge in [-0.15, -0.1) is 0 Å². The molecule has 2 N–H and O–H groups in total. The fourth-order valence-electron chi connectivity index (χ4n) is 2.06. The Morgan fingerprint density at radius 3 is 2.86 bits per heavy atom. The van der Waals surface area contributed by atoms with E-state index in [9.17, 15) is 9.18 Å². The Bertz CT molecular complexity index is 844. The smallest absolute Gasteiger partial charge is 0.255 e. The van der Waals surface area contributed by atoms with E-state index < -0.39 is 5.82 Å². The summed E-state index contributed by atoms with van der Waals surface area (Å²) in [4.78, 5) is 19.5. The van der Waals surface area contributed by atoms with Gasteiger partial charge in [0.1, 0.15) is 11.6 Å². The molecule has 3 aromatic rings. The molecule has 21 heavy (non-hydrogen) atoms. The van der Waals surface area contributed by atoms with Crippen molar-refractivity contribution < 1.29 is 9.18 Å². The molecule has 0 aliphatic rings. The van der Waals surface area contributed by atoms with Crippen LogP contribution >= 0.6 is 11.6 Å². The van der Waals surface area contributed by atoms with Gasteiger partial charge in [-0.1, -0.05) is 11.6 Å². The van der Waals surface area contributed by atoms with Gasteiger partial charge in [-0.05, 0) is 43.3 Å². The number of carbonyl (C=O) groups is 1. The minimum Gasteiger partial charge on any atom is -0.342 e. The number of aromatic nitrogens is 2. The van der Waals surface area contributed by atoms with Crippen molar-refractivity contribution in [3.05, 3.63) is 58.6 Å². The van der Waals surface area contributed by atoms with Crippen LogP contribution < -0.4 is 5.32 Å². The normalized spacial score (nSPS) is 10.8. The van der Waals surface area contributed by atoms with Gasteiger partial charge in [-0.25, -0.2) is 9.37 Å². The van der Waals surface area contributed by atoms with Crippen LogP contribution in [0.3, 0.4) is 0 Å². The number of hydrogen-bond donors (Lipinski definition) is 2. The van der Waals surface area contributed by atoms with Crippen molar-refractivity contribution in [1.29, 1.82) is 0 Å². The van der Waals surface area contributed by atoms with Gasteiger partial charge in [-0.2, -0.15) is 0 Å². The molecule has 106 valence electrons. The number of nitrogens with zero attached hydrogens (tertiary/aromatic N) is 1. The Labute approximate surface area is 125 Å².